The molecule has 0 amide bonds. The quantitative estimate of drug-likeness (QED) is 0.552. The Hall–Kier alpha value is -3.33. The molecule has 0 bridgehead atoms. The van der Waals surface area contributed by atoms with Gasteiger partial charge in [0.25, 0.3) is 10.0 Å². The Morgan fingerprint density at radius 2 is 1.66 bits per heavy atom. The smallest absolute Gasteiger partial charge is 0.262 e. The van der Waals surface area contributed by atoms with E-state index in [1.54, 1.807) is 49.5 Å². The summed E-state index contributed by atoms with van der Waals surface area (Å²) in [5.74, 6) is 1.95. The molecule has 0 saturated carbocycles. The largest absolute Gasteiger partial charge is 0.496 e. The maximum Gasteiger partial charge on any atom is 0.262 e. The standard InChI is InChI=1S/C23H27N5O3S/c1-16-14-17(2)21(15-20(16)31-3)32(29,30)27-19-8-6-18(7-9-19)25-22-10-11-24-23(26-22)28-12-4-5-13-28/h6-11,14-15,27H,4-5,12-13H2,1-3H3,(H,24,25,26). The zero-order valence-corrected chi connectivity index (χ0v) is 19.2. The molecule has 3 aromatic rings. The van der Waals surface area contributed by atoms with E-state index in [1.165, 1.54) is 7.11 Å². The number of nitrogens with one attached hydrogen (secondary N) is 2. The van der Waals surface area contributed by atoms with Gasteiger partial charge in [0.1, 0.15) is 11.6 Å². The summed E-state index contributed by atoms with van der Waals surface area (Å²) in [7, 11) is -2.23. The van der Waals surface area contributed by atoms with E-state index in [4.69, 9.17) is 4.74 Å². The molecule has 1 aliphatic heterocycles. The second kappa shape index (κ2) is 9.04. The number of anilines is 4. The van der Waals surface area contributed by atoms with E-state index in [9.17, 15) is 8.42 Å². The highest BCUT2D eigenvalue weighted by Crippen LogP contribution is 2.28. The van der Waals surface area contributed by atoms with Gasteiger partial charge in [-0.15, -0.1) is 0 Å². The lowest BCUT2D eigenvalue weighted by molar-refractivity contribution is 0.410. The Morgan fingerprint density at radius 1 is 0.969 bits per heavy atom. The maximum absolute atomic E-state index is 12.9. The summed E-state index contributed by atoms with van der Waals surface area (Å²) in [5.41, 5.74) is 2.81. The van der Waals surface area contributed by atoms with Crippen molar-refractivity contribution in [1.29, 1.82) is 0 Å². The molecule has 9 heteroatoms. The topological polar surface area (TPSA) is 96.5 Å². The zero-order valence-electron chi connectivity index (χ0n) is 18.4. The highest BCUT2D eigenvalue weighted by Gasteiger charge is 2.19. The molecule has 2 heterocycles. The Morgan fingerprint density at radius 3 is 2.34 bits per heavy atom. The normalized spacial score (nSPS) is 13.8. The fourth-order valence-electron chi connectivity index (χ4n) is 3.79. The summed E-state index contributed by atoms with van der Waals surface area (Å²) in [4.78, 5) is 11.3. The van der Waals surface area contributed by atoms with Crippen LogP contribution in [0.3, 0.4) is 0 Å². The number of hydrogen-bond donors (Lipinski definition) is 2. The van der Waals surface area contributed by atoms with Gasteiger partial charge in [-0.3, -0.25) is 4.72 Å². The fraction of sp³-hybridized carbons (Fsp3) is 0.304. The van der Waals surface area contributed by atoms with Crippen LogP contribution in [0.1, 0.15) is 24.0 Å². The van der Waals surface area contributed by atoms with Crippen molar-refractivity contribution in [2.24, 2.45) is 0 Å². The molecule has 4 rings (SSSR count). The van der Waals surface area contributed by atoms with Crippen molar-refractivity contribution in [2.75, 3.05) is 35.1 Å². The van der Waals surface area contributed by atoms with Gasteiger partial charge in [-0.05, 0) is 68.1 Å². The van der Waals surface area contributed by atoms with Gasteiger partial charge >= 0.3 is 0 Å². The molecular weight excluding hydrogens is 426 g/mol. The van der Waals surface area contributed by atoms with Crippen LogP contribution in [0.4, 0.5) is 23.1 Å². The summed E-state index contributed by atoms with van der Waals surface area (Å²) < 4.78 is 33.8. The minimum atomic E-state index is -3.76. The molecule has 0 atom stereocenters. The second-order valence-corrected chi connectivity index (χ2v) is 9.48. The lowest BCUT2D eigenvalue weighted by atomic mass is 10.1. The van der Waals surface area contributed by atoms with E-state index in [-0.39, 0.29) is 4.90 Å². The van der Waals surface area contributed by atoms with Crippen molar-refractivity contribution in [3.05, 3.63) is 59.8 Å². The van der Waals surface area contributed by atoms with Crippen molar-refractivity contribution < 1.29 is 13.2 Å². The molecule has 0 unspecified atom stereocenters. The number of benzene rings is 2. The number of rotatable bonds is 7. The highest BCUT2D eigenvalue weighted by molar-refractivity contribution is 7.92. The summed E-state index contributed by atoms with van der Waals surface area (Å²) in [6, 6.07) is 12.2. The van der Waals surface area contributed by atoms with Crippen molar-refractivity contribution in [3.8, 4) is 5.75 Å². The van der Waals surface area contributed by atoms with Crippen LogP contribution >= 0.6 is 0 Å². The second-order valence-electron chi connectivity index (χ2n) is 7.83. The first-order chi connectivity index (χ1) is 15.4. The number of methoxy groups -OCH3 is 1. The number of sulfonamides is 1. The van der Waals surface area contributed by atoms with Crippen LogP contribution in [0.5, 0.6) is 5.75 Å². The number of hydrogen-bond acceptors (Lipinski definition) is 7. The van der Waals surface area contributed by atoms with Crippen molar-refractivity contribution in [1.82, 2.24) is 9.97 Å². The van der Waals surface area contributed by atoms with Crippen LogP contribution in [-0.2, 0) is 10.0 Å². The third kappa shape index (κ3) is 4.77. The minimum absolute atomic E-state index is 0.192. The lowest BCUT2D eigenvalue weighted by Gasteiger charge is -2.16. The van der Waals surface area contributed by atoms with Crippen LogP contribution < -0.4 is 19.7 Å². The van der Waals surface area contributed by atoms with Crippen LogP contribution in [0.25, 0.3) is 0 Å². The predicted octanol–water partition coefficient (Wildman–Crippen LogP) is 4.25. The SMILES string of the molecule is COc1cc(S(=O)(=O)Nc2ccc(Nc3ccnc(N4CCCC4)n3)cc2)c(C)cc1C. The zero-order chi connectivity index (χ0) is 22.7. The van der Waals surface area contributed by atoms with Crippen LogP contribution in [-0.4, -0.2) is 38.6 Å². The molecular formula is C23H27N5O3S. The molecule has 8 nitrogen and oxygen atoms in total. The molecule has 1 aromatic heterocycles. The van der Waals surface area contributed by atoms with E-state index in [0.29, 0.717) is 22.8 Å². The monoisotopic (exact) mass is 453 g/mol. The molecule has 1 fully saturated rings. The first-order valence-corrected chi connectivity index (χ1v) is 12.0. The lowest BCUT2D eigenvalue weighted by Crippen LogP contribution is -2.20. The molecule has 1 aliphatic rings. The Labute approximate surface area is 188 Å². The minimum Gasteiger partial charge on any atom is -0.496 e. The molecule has 0 radical (unpaired) electrons. The van der Waals surface area contributed by atoms with Gasteiger partial charge in [0.05, 0.1) is 12.0 Å². The first kappa shape index (κ1) is 21.9. The van der Waals surface area contributed by atoms with E-state index in [1.807, 2.05) is 13.0 Å². The number of ether oxygens (including phenoxy) is 1. The summed E-state index contributed by atoms with van der Waals surface area (Å²) in [6.07, 6.45) is 4.06. The summed E-state index contributed by atoms with van der Waals surface area (Å²) in [5, 5.41) is 3.25. The van der Waals surface area contributed by atoms with E-state index < -0.39 is 10.0 Å². The first-order valence-electron chi connectivity index (χ1n) is 10.5. The van der Waals surface area contributed by atoms with Gasteiger partial charge in [0, 0.05) is 36.7 Å². The van der Waals surface area contributed by atoms with Gasteiger partial charge < -0.3 is 15.0 Å². The van der Waals surface area contributed by atoms with Gasteiger partial charge in [0.15, 0.2) is 0 Å². The van der Waals surface area contributed by atoms with Crippen LogP contribution in [0.2, 0.25) is 0 Å². The van der Waals surface area contributed by atoms with E-state index in [2.05, 4.69) is 24.9 Å². The van der Waals surface area contributed by atoms with Gasteiger partial charge in [-0.2, -0.15) is 4.98 Å². The molecule has 0 spiro atoms. The molecule has 168 valence electrons. The number of nitrogens with zero attached hydrogens (tertiary/aromatic N) is 3. The molecule has 2 N–H and O–H groups in total. The highest BCUT2D eigenvalue weighted by atomic mass is 32.2. The fourth-order valence-corrected chi connectivity index (χ4v) is 5.09. The Kier molecular flexibility index (Phi) is 6.18. The third-order valence-corrected chi connectivity index (χ3v) is 6.95. The Bertz CT molecular complexity index is 1210. The molecule has 1 saturated heterocycles. The summed E-state index contributed by atoms with van der Waals surface area (Å²) >= 11 is 0. The van der Waals surface area contributed by atoms with Crippen molar-refractivity contribution >= 4 is 33.2 Å². The van der Waals surface area contributed by atoms with Crippen molar-refractivity contribution in [2.45, 2.75) is 31.6 Å². The van der Waals surface area contributed by atoms with Gasteiger partial charge in [-0.25, -0.2) is 13.4 Å². The summed E-state index contributed by atoms with van der Waals surface area (Å²) in [6.45, 7) is 5.61. The average molecular weight is 454 g/mol. The Balaban J connectivity index is 1.48. The number of aromatic nitrogens is 2. The average Bonchev–Trinajstić information content (AvgIpc) is 3.30. The molecule has 32 heavy (non-hydrogen) atoms. The third-order valence-electron chi connectivity index (χ3n) is 5.42. The van der Waals surface area contributed by atoms with Gasteiger partial charge in [0.2, 0.25) is 5.95 Å². The van der Waals surface area contributed by atoms with E-state index >= 15 is 0 Å². The van der Waals surface area contributed by atoms with Gasteiger partial charge in [-0.1, -0.05) is 6.07 Å². The van der Waals surface area contributed by atoms with Crippen molar-refractivity contribution in [3.63, 3.8) is 0 Å². The predicted molar refractivity (Wildman–Crippen MR) is 126 cm³/mol. The number of aryl methyl sites for hydroxylation is 2. The molecule has 2 aromatic carbocycles. The van der Waals surface area contributed by atoms with E-state index in [0.717, 1.165) is 43.1 Å². The molecule has 0 aliphatic carbocycles. The van der Waals surface area contributed by atoms with Crippen LogP contribution in [0, 0.1) is 13.8 Å². The van der Waals surface area contributed by atoms with Crippen LogP contribution in [0.15, 0.2) is 53.6 Å². The maximum atomic E-state index is 12.9.